The van der Waals surface area contributed by atoms with Crippen molar-refractivity contribution in [2.45, 2.75) is 13.0 Å². The molecular formula is C9H9BrCl2O. The van der Waals surface area contributed by atoms with E-state index in [1.54, 1.807) is 18.2 Å². The van der Waals surface area contributed by atoms with Crippen molar-refractivity contribution in [3.63, 3.8) is 0 Å². The molecule has 1 rings (SSSR count). The average molecular weight is 284 g/mol. The van der Waals surface area contributed by atoms with Crippen molar-refractivity contribution in [3.05, 3.63) is 28.2 Å². The maximum Gasteiger partial charge on any atom is 0.139 e. The zero-order valence-corrected chi connectivity index (χ0v) is 10.2. The molecule has 0 aliphatic heterocycles. The maximum absolute atomic E-state index is 5.90. The molecule has 0 radical (unpaired) electrons. The van der Waals surface area contributed by atoms with Crippen molar-refractivity contribution in [1.82, 2.24) is 0 Å². The molecule has 0 aliphatic carbocycles. The second-order valence-electron chi connectivity index (χ2n) is 2.66. The van der Waals surface area contributed by atoms with Crippen LogP contribution in [-0.2, 0) is 0 Å². The second kappa shape index (κ2) is 5.08. The fourth-order valence-electron chi connectivity index (χ4n) is 0.816. The highest BCUT2D eigenvalue weighted by Gasteiger charge is 2.06. The Morgan fingerprint density at radius 3 is 2.77 bits per heavy atom. The monoisotopic (exact) mass is 282 g/mol. The van der Waals surface area contributed by atoms with E-state index in [1.807, 2.05) is 6.92 Å². The van der Waals surface area contributed by atoms with Crippen LogP contribution in [-0.4, -0.2) is 11.4 Å². The summed E-state index contributed by atoms with van der Waals surface area (Å²) in [5.74, 6) is 0.626. The van der Waals surface area contributed by atoms with Gasteiger partial charge in [0.2, 0.25) is 0 Å². The molecule has 72 valence electrons. The van der Waals surface area contributed by atoms with Crippen molar-refractivity contribution in [2.75, 3.05) is 5.33 Å². The predicted octanol–water partition coefficient (Wildman–Crippen LogP) is 4.16. The van der Waals surface area contributed by atoms with Crippen molar-refractivity contribution in [3.8, 4) is 5.75 Å². The molecule has 0 saturated carbocycles. The first-order chi connectivity index (χ1) is 6.13. The number of rotatable bonds is 3. The maximum atomic E-state index is 5.90. The molecule has 13 heavy (non-hydrogen) atoms. The van der Waals surface area contributed by atoms with Crippen LogP contribution in [0.5, 0.6) is 5.75 Å². The van der Waals surface area contributed by atoms with Gasteiger partial charge in [-0.05, 0) is 19.1 Å². The normalized spacial score (nSPS) is 12.6. The first-order valence-electron chi connectivity index (χ1n) is 3.81. The van der Waals surface area contributed by atoms with E-state index in [9.17, 15) is 0 Å². The van der Waals surface area contributed by atoms with Crippen LogP contribution in [0, 0.1) is 0 Å². The van der Waals surface area contributed by atoms with Gasteiger partial charge in [0.25, 0.3) is 0 Å². The van der Waals surface area contributed by atoms with E-state index in [4.69, 9.17) is 27.9 Å². The molecule has 0 heterocycles. The molecule has 0 saturated heterocycles. The van der Waals surface area contributed by atoms with Crippen LogP contribution >= 0.6 is 39.1 Å². The van der Waals surface area contributed by atoms with Gasteiger partial charge in [0.1, 0.15) is 11.9 Å². The van der Waals surface area contributed by atoms with Crippen molar-refractivity contribution in [2.24, 2.45) is 0 Å². The van der Waals surface area contributed by atoms with E-state index >= 15 is 0 Å². The fourth-order valence-corrected chi connectivity index (χ4v) is 1.27. The lowest BCUT2D eigenvalue weighted by molar-refractivity contribution is 0.248. The zero-order chi connectivity index (χ0) is 9.84. The average Bonchev–Trinajstić information content (AvgIpc) is 2.11. The molecule has 0 aliphatic rings. The smallest absolute Gasteiger partial charge is 0.139 e. The summed E-state index contributed by atoms with van der Waals surface area (Å²) in [7, 11) is 0. The van der Waals surface area contributed by atoms with Gasteiger partial charge in [0.15, 0.2) is 0 Å². The van der Waals surface area contributed by atoms with Crippen LogP contribution in [0.25, 0.3) is 0 Å². The molecule has 1 unspecified atom stereocenters. The van der Waals surface area contributed by atoms with Gasteiger partial charge in [0, 0.05) is 16.4 Å². The van der Waals surface area contributed by atoms with Gasteiger partial charge in [-0.25, -0.2) is 0 Å². The van der Waals surface area contributed by atoms with Gasteiger partial charge in [-0.2, -0.15) is 0 Å². The summed E-state index contributed by atoms with van der Waals surface area (Å²) in [5, 5.41) is 1.97. The van der Waals surface area contributed by atoms with Gasteiger partial charge in [-0.1, -0.05) is 39.1 Å². The molecule has 0 amide bonds. The molecule has 0 N–H and O–H groups in total. The summed E-state index contributed by atoms with van der Waals surface area (Å²) in [5.41, 5.74) is 0. The Morgan fingerprint density at radius 2 is 2.15 bits per heavy atom. The quantitative estimate of drug-likeness (QED) is 0.757. The lowest BCUT2D eigenvalue weighted by Gasteiger charge is -2.13. The summed E-state index contributed by atoms with van der Waals surface area (Å²) < 4.78 is 5.51. The van der Waals surface area contributed by atoms with Gasteiger partial charge in [-0.3, -0.25) is 0 Å². The Kier molecular flexibility index (Phi) is 4.36. The minimum absolute atomic E-state index is 0.0796. The number of hydrogen-bond donors (Lipinski definition) is 0. The minimum atomic E-state index is 0.0796. The first kappa shape index (κ1) is 11.2. The van der Waals surface area contributed by atoms with Gasteiger partial charge in [0.05, 0.1) is 5.02 Å². The second-order valence-corrected chi connectivity index (χ2v) is 4.15. The number of ether oxygens (including phenoxy) is 1. The summed E-state index contributed by atoms with van der Waals surface area (Å²) in [6, 6.07) is 5.17. The number of hydrogen-bond acceptors (Lipinski definition) is 1. The van der Waals surface area contributed by atoms with Crippen LogP contribution in [0.4, 0.5) is 0 Å². The van der Waals surface area contributed by atoms with Crippen LogP contribution in [0.3, 0.4) is 0 Å². The SMILES string of the molecule is CC(CBr)Oc1cc(Cl)ccc1Cl. The summed E-state index contributed by atoms with van der Waals surface area (Å²) in [6.07, 6.45) is 0.0796. The van der Waals surface area contributed by atoms with Crippen LogP contribution in [0.1, 0.15) is 6.92 Å². The molecule has 1 aromatic rings. The van der Waals surface area contributed by atoms with Crippen molar-refractivity contribution < 1.29 is 4.74 Å². The Bertz CT molecular complexity index is 291. The molecule has 1 nitrogen and oxygen atoms in total. The van der Waals surface area contributed by atoms with Crippen LogP contribution in [0.2, 0.25) is 10.0 Å². The molecule has 0 spiro atoms. The lowest BCUT2D eigenvalue weighted by Crippen LogP contribution is -2.12. The van der Waals surface area contributed by atoms with Crippen LogP contribution < -0.4 is 4.74 Å². The molecule has 4 heteroatoms. The highest BCUT2D eigenvalue weighted by Crippen LogP contribution is 2.28. The number of benzene rings is 1. The van der Waals surface area contributed by atoms with E-state index in [0.29, 0.717) is 15.8 Å². The molecule has 0 fully saturated rings. The summed E-state index contributed by atoms with van der Waals surface area (Å²) in [4.78, 5) is 0. The summed E-state index contributed by atoms with van der Waals surface area (Å²) >= 11 is 15.0. The van der Waals surface area contributed by atoms with Crippen molar-refractivity contribution in [1.29, 1.82) is 0 Å². The third kappa shape index (κ3) is 3.37. The standard InChI is InChI=1S/C9H9BrCl2O/c1-6(5-10)13-9-4-7(11)2-3-8(9)12/h2-4,6H,5H2,1H3. The molecular weight excluding hydrogens is 275 g/mol. The highest BCUT2D eigenvalue weighted by atomic mass is 79.9. The van der Waals surface area contributed by atoms with Gasteiger partial charge < -0.3 is 4.74 Å². The largest absolute Gasteiger partial charge is 0.488 e. The Morgan fingerprint density at radius 1 is 1.46 bits per heavy atom. The molecule has 1 aromatic carbocycles. The Labute approximate surface area is 96.1 Å². The third-order valence-electron chi connectivity index (χ3n) is 1.44. The van der Waals surface area contributed by atoms with Crippen molar-refractivity contribution >= 4 is 39.1 Å². The third-order valence-corrected chi connectivity index (χ3v) is 2.90. The van der Waals surface area contributed by atoms with E-state index in [2.05, 4.69) is 15.9 Å². The zero-order valence-electron chi connectivity index (χ0n) is 7.06. The molecule has 0 aromatic heterocycles. The first-order valence-corrected chi connectivity index (χ1v) is 5.69. The minimum Gasteiger partial charge on any atom is -0.488 e. The predicted molar refractivity (Wildman–Crippen MR) is 60.3 cm³/mol. The van der Waals surface area contributed by atoms with Gasteiger partial charge in [-0.15, -0.1) is 0 Å². The molecule has 0 bridgehead atoms. The Hall–Kier alpha value is 0.0800. The Balaban J connectivity index is 2.81. The fraction of sp³-hybridized carbons (Fsp3) is 0.333. The highest BCUT2D eigenvalue weighted by molar-refractivity contribution is 9.09. The number of alkyl halides is 1. The van der Waals surface area contributed by atoms with Crippen LogP contribution in [0.15, 0.2) is 18.2 Å². The van der Waals surface area contributed by atoms with E-state index in [1.165, 1.54) is 0 Å². The summed E-state index contributed by atoms with van der Waals surface area (Å²) in [6.45, 7) is 1.95. The van der Waals surface area contributed by atoms with E-state index in [0.717, 1.165) is 5.33 Å². The van der Waals surface area contributed by atoms with Gasteiger partial charge >= 0.3 is 0 Å². The van der Waals surface area contributed by atoms with E-state index < -0.39 is 0 Å². The van der Waals surface area contributed by atoms with E-state index in [-0.39, 0.29) is 6.10 Å². The molecule has 1 atom stereocenters. The number of halogens is 3. The lowest BCUT2D eigenvalue weighted by atomic mass is 10.3. The topological polar surface area (TPSA) is 9.23 Å².